The SMILES string of the molecule is Cc1cccc(C)c1NC(=O)CC1OC2CN(C(=O)OC(C)(C)C)CC2N(CCc2cccc(Cl)c2)C1=O. The molecule has 2 fully saturated rings. The first kappa shape index (κ1) is 27.9. The molecular formula is C29H36ClN3O5. The van der Waals surface area contributed by atoms with Crippen molar-refractivity contribution in [1.29, 1.82) is 0 Å². The molecule has 204 valence electrons. The van der Waals surface area contributed by atoms with E-state index in [2.05, 4.69) is 5.32 Å². The van der Waals surface area contributed by atoms with Crippen LogP contribution >= 0.6 is 11.6 Å². The van der Waals surface area contributed by atoms with Crippen molar-refractivity contribution in [2.24, 2.45) is 0 Å². The van der Waals surface area contributed by atoms with E-state index in [1.54, 1.807) is 9.80 Å². The summed E-state index contributed by atoms with van der Waals surface area (Å²) >= 11 is 6.16. The molecule has 2 saturated heterocycles. The Morgan fingerprint density at radius 3 is 2.45 bits per heavy atom. The molecule has 8 nitrogen and oxygen atoms in total. The zero-order chi connectivity index (χ0) is 27.6. The number of benzene rings is 2. The molecule has 4 rings (SSSR count). The normalized spacial score (nSPS) is 21.3. The van der Waals surface area contributed by atoms with Crippen LogP contribution in [0.25, 0.3) is 0 Å². The van der Waals surface area contributed by atoms with Gasteiger partial charge in [-0.1, -0.05) is 41.9 Å². The van der Waals surface area contributed by atoms with Crippen molar-refractivity contribution < 1.29 is 23.9 Å². The Morgan fingerprint density at radius 1 is 1.11 bits per heavy atom. The number of morpholine rings is 1. The third kappa shape index (κ3) is 6.66. The second kappa shape index (κ2) is 11.3. The molecule has 3 unspecified atom stereocenters. The first-order valence-electron chi connectivity index (χ1n) is 13.0. The van der Waals surface area contributed by atoms with Gasteiger partial charge in [-0.2, -0.15) is 0 Å². The number of hydrogen-bond acceptors (Lipinski definition) is 5. The maximum Gasteiger partial charge on any atom is 0.410 e. The van der Waals surface area contributed by atoms with Crippen LogP contribution in [0.2, 0.25) is 5.02 Å². The van der Waals surface area contributed by atoms with Crippen molar-refractivity contribution in [2.75, 3.05) is 25.0 Å². The number of nitrogens with one attached hydrogen (secondary N) is 1. The van der Waals surface area contributed by atoms with Gasteiger partial charge in [-0.05, 0) is 69.9 Å². The van der Waals surface area contributed by atoms with Crippen molar-refractivity contribution in [2.45, 2.75) is 71.3 Å². The molecule has 38 heavy (non-hydrogen) atoms. The Morgan fingerprint density at radius 2 is 1.79 bits per heavy atom. The van der Waals surface area contributed by atoms with Gasteiger partial charge in [0.05, 0.1) is 25.1 Å². The Hall–Kier alpha value is -3.10. The van der Waals surface area contributed by atoms with Gasteiger partial charge in [0, 0.05) is 23.8 Å². The molecule has 9 heteroatoms. The minimum absolute atomic E-state index is 0.115. The lowest BCUT2D eigenvalue weighted by atomic mass is 10.0. The number of amides is 3. The molecule has 2 aliphatic rings. The molecule has 0 bridgehead atoms. The first-order valence-corrected chi connectivity index (χ1v) is 13.3. The van der Waals surface area contributed by atoms with Crippen LogP contribution in [0.3, 0.4) is 0 Å². The Bertz CT molecular complexity index is 1190. The molecule has 3 atom stereocenters. The summed E-state index contributed by atoms with van der Waals surface area (Å²) in [5, 5.41) is 3.58. The maximum absolute atomic E-state index is 13.6. The molecule has 0 aliphatic carbocycles. The van der Waals surface area contributed by atoms with Crippen LogP contribution in [0.4, 0.5) is 10.5 Å². The number of para-hydroxylation sites is 1. The molecule has 0 spiro atoms. The number of anilines is 1. The molecular weight excluding hydrogens is 506 g/mol. The number of fused-ring (bicyclic) bond motifs is 1. The van der Waals surface area contributed by atoms with Crippen molar-refractivity contribution in [1.82, 2.24) is 9.80 Å². The van der Waals surface area contributed by atoms with Crippen LogP contribution in [-0.4, -0.2) is 71.2 Å². The summed E-state index contributed by atoms with van der Waals surface area (Å²) in [4.78, 5) is 42.8. The van der Waals surface area contributed by atoms with Gasteiger partial charge in [0.25, 0.3) is 5.91 Å². The van der Waals surface area contributed by atoms with Crippen LogP contribution in [0.15, 0.2) is 42.5 Å². The van der Waals surface area contributed by atoms with Crippen LogP contribution in [0.5, 0.6) is 0 Å². The Labute approximate surface area is 229 Å². The molecule has 1 N–H and O–H groups in total. The topological polar surface area (TPSA) is 88.2 Å². The molecule has 0 aromatic heterocycles. The average molecular weight is 542 g/mol. The van der Waals surface area contributed by atoms with Gasteiger partial charge in [-0.3, -0.25) is 9.59 Å². The quantitative estimate of drug-likeness (QED) is 0.570. The summed E-state index contributed by atoms with van der Waals surface area (Å²) < 4.78 is 11.7. The van der Waals surface area contributed by atoms with E-state index in [0.717, 1.165) is 22.4 Å². The number of carbonyl (C=O) groups excluding carboxylic acids is 3. The summed E-state index contributed by atoms with van der Waals surface area (Å²) in [6, 6.07) is 13.0. The van der Waals surface area contributed by atoms with Gasteiger partial charge >= 0.3 is 6.09 Å². The number of likely N-dealkylation sites (tertiary alicyclic amines) is 1. The first-order chi connectivity index (χ1) is 17.9. The second-order valence-corrected chi connectivity index (χ2v) is 11.5. The summed E-state index contributed by atoms with van der Waals surface area (Å²) in [5.74, 6) is -0.549. The fourth-order valence-electron chi connectivity index (χ4n) is 5.01. The van der Waals surface area contributed by atoms with E-state index in [-0.39, 0.29) is 30.8 Å². The van der Waals surface area contributed by atoms with Crippen molar-refractivity contribution in [3.05, 3.63) is 64.2 Å². The number of carbonyl (C=O) groups is 3. The van der Waals surface area contributed by atoms with Gasteiger partial charge in [-0.25, -0.2) is 4.79 Å². The van der Waals surface area contributed by atoms with Crippen LogP contribution in [-0.2, 0) is 25.5 Å². The summed E-state index contributed by atoms with van der Waals surface area (Å²) in [7, 11) is 0. The van der Waals surface area contributed by atoms with Crippen LogP contribution < -0.4 is 5.32 Å². The molecule has 2 aromatic rings. The number of hydrogen-bond donors (Lipinski definition) is 1. The largest absolute Gasteiger partial charge is 0.444 e. The fourth-order valence-corrected chi connectivity index (χ4v) is 5.22. The average Bonchev–Trinajstić information content (AvgIpc) is 3.24. The van der Waals surface area contributed by atoms with Crippen molar-refractivity contribution in [3.8, 4) is 0 Å². The zero-order valence-corrected chi connectivity index (χ0v) is 23.4. The number of aryl methyl sites for hydroxylation is 2. The highest BCUT2D eigenvalue weighted by atomic mass is 35.5. The number of nitrogens with zero attached hydrogens (tertiary/aromatic N) is 2. The van der Waals surface area contributed by atoms with Crippen LogP contribution in [0.1, 0.15) is 43.9 Å². The van der Waals surface area contributed by atoms with Gasteiger partial charge < -0.3 is 24.6 Å². The van der Waals surface area contributed by atoms with Crippen molar-refractivity contribution >= 4 is 35.2 Å². The second-order valence-electron chi connectivity index (χ2n) is 11.0. The Balaban J connectivity index is 1.51. The fraction of sp³-hybridized carbons (Fsp3) is 0.483. The standard InChI is InChI=1S/C29H36ClN3O5/c1-18-8-6-9-19(2)26(18)31-25(34)15-23-27(35)33(13-12-20-10-7-11-21(30)14-20)22-16-32(17-24(22)37-23)28(36)38-29(3,4)5/h6-11,14,22-24H,12-13,15-17H2,1-5H3,(H,31,34). The van der Waals surface area contributed by atoms with E-state index in [0.29, 0.717) is 24.5 Å². The zero-order valence-electron chi connectivity index (χ0n) is 22.6. The third-order valence-corrected chi connectivity index (χ3v) is 7.07. The lowest BCUT2D eigenvalue weighted by Crippen LogP contribution is -2.59. The van der Waals surface area contributed by atoms with Gasteiger partial charge in [0.15, 0.2) is 0 Å². The molecule has 2 aromatic carbocycles. The lowest BCUT2D eigenvalue weighted by Gasteiger charge is -2.40. The van der Waals surface area contributed by atoms with Gasteiger partial charge in [-0.15, -0.1) is 0 Å². The monoisotopic (exact) mass is 541 g/mol. The highest BCUT2D eigenvalue weighted by Gasteiger charge is 2.49. The maximum atomic E-state index is 13.6. The van der Waals surface area contributed by atoms with E-state index in [1.165, 1.54) is 0 Å². The highest BCUT2D eigenvalue weighted by Crippen LogP contribution is 2.30. The smallest absolute Gasteiger partial charge is 0.410 e. The molecule has 0 saturated carbocycles. The third-order valence-electron chi connectivity index (χ3n) is 6.83. The molecule has 0 radical (unpaired) electrons. The minimum atomic E-state index is -0.946. The molecule has 3 amide bonds. The van der Waals surface area contributed by atoms with E-state index in [1.807, 2.05) is 77.1 Å². The predicted molar refractivity (Wildman–Crippen MR) is 146 cm³/mol. The van der Waals surface area contributed by atoms with E-state index in [9.17, 15) is 14.4 Å². The number of halogens is 1. The van der Waals surface area contributed by atoms with Gasteiger partial charge in [0.2, 0.25) is 5.91 Å². The van der Waals surface area contributed by atoms with Crippen molar-refractivity contribution in [3.63, 3.8) is 0 Å². The van der Waals surface area contributed by atoms with Crippen LogP contribution in [0, 0.1) is 13.8 Å². The summed E-state index contributed by atoms with van der Waals surface area (Å²) in [6.45, 7) is 10.3. The van der Waals surface area contributed by atoms with E-state index >= 15 is 0 Å². The molecule has 2 heterocycles. The number of ether oxygens (including phenoxy) is 2. The lowest BCUT2D eigenvalue weighted by molar-refractivity contribution is -0.168. The summed E-state index contributed by atoms with van der Waals surface area (Å²) in [6.07, 6.45) is -1.34. The predicted octanol–water partition coefficient (Wildman–Crippen LogP) is 4.74. The van der Waals surface area contributed by atoms with Gasteiger partial charge in [0.1, 0.15) is 11.7 Å². The van der Waals surface area contributed by atoms with E-state index in [4.69, 9.17) is 21.1 Å². The number of rotatable bonds is 6. The highest BCUT2D eigenvalue weighted by molar-refractivity contribution is 6.30. The Kier molecular flexibility index (Phi) is 8.33. The van der Waals surface area contributed by atoms with E-state index < -0.39 is 23.9 Å². The summed E-state index contributed by atoms with van der Waals surface area (Å²) in [5.41, 5.74) is 3.00. The molecule has 2 aliphatic heterocycles. The minimum Gasteiger partial charge on any atom is -0.444 e.